The highest BCUT2D eigenvalue weighted by Crippen LogP contribution is 2.17. The van der Waals surface area contributed by atoms with E-state index in [4.69, 9.17) is 0 Å². The van der Waals surface area contributed by atoms with Gasteiger partial charge in [-0.15, -0.1) is 0 Å². The smallest absolute Gasteiger partial charge is 0.123 e. The van der Waals surface area contributed by atoms with Crippen molar-refractivity contribution in [2.24, 2.45) is 0 Å². The van der Waals surface area contributed by atoms with Gasteiger partial charge < -0.3 is 10.3 Å². The monoisotopic (exact) mass is 254 g/mol. The lowest BCUT2D eigenvalue weighted by atomic mass is 10.1. The van der Waals surface area contributed by atoms with Crippen LogP contribution in [0.4, 0.5) is 10.1 Å². The van der Waals surface area contributed by atoms with Crippen LogP contribution in [0.3, 0.4) is 0 Å². The number of nitrogens with one attached hydrogen (secondary N) is 2. The number of fused-ring (bicyclic) bond motifs is 1. The van der Waals surface area contributed by atoms with Gasteiger partial charge in [0.1, 0.15) is 5.82 Å². The van der Waals surface area contributed by atoms with Crippen molar-refractivity contribution in [3.05, 3.63) is 66.1 Å². The maximum Gasteiger partial charge on any atom is 0.123 e. The molecule has 0 unspecified atom stereocenters. The van der Waals surface area contributed by atoms with Gasteiger partial charge in [-0.05, 0) is 47.7 Å². The van der Waals surface area contributed by atoms with Gasteiger partial charge in [-0.1, -0.05) is 18.2 Å². The van der Waals surface area contributed by atoms with Gasteiger partial charge in [0.05, 0.1) is 0 Å². The zero-order valence-electron chi connectivity index (χ0n) is 10.5. The molecule has 0 aliphatic heterocycles. The molecule has 0 bridgehead atoms. The lowest BCUT2D eigenvalue weighted by molar-refractivity contribution is 0.627. The van der Waals surface area contributed by atoms with Gasteiger partial charge in [0.25, 0.3) is 0 Å². The second-order valence-corrected chi connectivity index (χ2v) is 4.58. The fourth-order valence-corrected chi connectivity index (χ4v) is 2.16. The molecule has 0 aliphatic rings. The lowest BCUT2D eigenvalue weighted by Gasteiger charge is -2.06. The Morgan fingerprint density at radius 2 is 1.84 bits per heavy atom. The second-order valence-electron chi connectivity index (χ2n) is 4.58. The summed E-state index contributed by atoms with van der Waals surface area (Å²) in [5, 5.41) is 4.59. The summed E-state index contributed by atoms with van der Waals surface area (Å²) in [6.45, 7) is 0.831. The van der Waals surface area contributed by atoms with Crippen LogP contribution >= 0.6 is 0 Å². The molecule has 1 heterocycles. The number of hydrogen-bond acceptors (Lipinski definition) is 1. The number of halogens is 1. The highest BCUT2D eigenvalue weighted by molar-refractivity contribution is 5.82. The Bertz CT molecular complexity index is 671. The standard InChI is InChI=1S/C16H15FN2/c17-14-4-1-12(2-5-14)7-9-18-15-6-3-13-8-10-19-16(13)11-15/h1-6,8,10-11,18-19H,7,9H2. The van der Waals surface area contributed by atoms with E-state index in [-0.39, 0.29) is 5.82 Å². The molecule has 0 radical (unpaired) electrons. The van der Waals surface area contributed by atoms with Crippen molar-refractivity contribution < 1.29 is 4.39 Å². The van der Waals surface area contributed by atoms with Gasteiger partial charge in [-0.3, -0.25) is 0 Å². The highest BCUT2D eigenvalue weighted by Gasteiger charge is 1.98. The molecule has 1 aromatic heterocycles. The molecule has 19 heavy (non-hydrogen) atoms. The first-order chi connectivity index (χ1) is 9.31. The van der Waals surface area contributed by atoms with Crippen molar-refractivity contribution in [1.29, 1.82) is 0 Å². The molecule has 0 fully saturated rings. The van der Waals surface area contributed by atoms with E-state index in [0.717, 1.165) is 29.7 Å². The zero-order valence-corrected chi connectivity index (χ0v) is 10.5. The Balaban J connectivity index is 1.61. The van der Waals surface area contributed by atoms with Crippen LogP contribution < -0.4 is 5.32 Å². The molecule has 0 aliphatic carbocycles. The number of anilines is 1. The molecule has 3 heteroatoms. The minimum Gasteiger partial charge on any atom is -0.385 e. The molecule has 3 aromatic rings. The van der Waals surface area contributed by atoms with Gasteiger partial charge in [0.2, 0.25) is 0 Å². The molecule has 0 saturated carbocycles. The fraction of sp³-hybridized carbons (Fsp3) is 0.125. The zero-order chi connectivity index (χ0) is 13.1. The van der Waals surface area contributed by atoms with Crippen LogP contribution in [0.1, 0.15) is 5.56 Å². The SMILES string of the molecule is Fc1ccc(CCNc2ccc3cc[nH]c3c2)cc1. The fourth-order valence-electron chi connectivity index (χ4n) is 2.16. The van der Waals surface area contributed by atoms with Gasteiger partial charge >= 0.3 is 0 Å². The van der Waals surface area contributed by atoms with Crippen molar-refractivity contribution >= 4 is 16.6 Å². The maximum absolute atomic E-state index is 12.8. The number of benzene rings is 2. The van der Waals surface area contributed by atoms with E-state index in [2.05, 4.69) is 34.6 Å². The second kappa shape index (κ2) is 5.14. The first kappa shape index (κ1) is 11.8. The van der Waals surface area contributed by atoms with E-state index in [1.165, 1.54) is 17.5 Å². The van der Waals surface area contributed by atoms with Crippen LogP contribution in [0, 0.1) is 5.82 Å². The molecule has 2 aromatic carbocycles. The summed E-state index contributed by atoms with van der Waals surface area (Å²) in [6, 6.07) is 15.0. The Morgan fingerprint density at radius 1 is 1.00 bits per heavy atom. The molecule has 2 N–H and O–H groups in total. The summed E-state index contributed by atoms with van der Waals surface area (Å²) < 4.78 is 12.8. The minimum absolute atomic E-state index is 0.186. The van der Waals surface area contributed by atoms with Crippen molar-refractivity contribution in [3.8, 4) is 0 Å². The molecule has 0 amide bonds. The van der Waals surface area contributed by atoms with Crippen LogP contribution in [-0.4, -0.2) is 11.5 Å². The average molecular weight is 254 g/mol. The van der Waals surface area contributed by atoms with Gasteiger partial charge in [0, 0.05) is 23.9 Å². The van der Waals surface area contributed by atoms with Crippen molar-refractivity contribution in [2.75, 3.05) is 11.9 Å². The van der Waals surface area contributed by atoms with E-state index in [1.807, 2.05) is 18.3 Å². The van der Waals surface area contributed by atoms with Crippen LogP contribution in [-0.2, 0) is 6.42 Å². The number of aromatic nitrogens is 1. The van der Waals surface area contributed by atoms with Crippen LogP contribution in [0.25, 0.3) is 10.9 Å². The Kier molecular flexibility index (Phi) is 3.19. The lowest BCUT2D eigenvalue weighted by Crippen LogP contribution is -2.04. The minimum atomic E-state index is -0.186. The summed E-state index contributed by atoms with van der Waals surface area (Å²) in [7, 11) is 0. The molecule has 0 atom stereocenters. The highest BCUT2D eigenvalue weighted by atomic mass is 19.1. The summed E-state index contributed by atoms with van der Waals surface area (Å²) in [6.07, 6.45) is 2.82. The number of rotatable bonds is 4. The Hall–Kier alpha value is -2.29. The first-order valence-corrected chi connectivity index (χ1v) is 6.37. The molecule has 2 nitrogen and oxygen atoms in total. The van der Waals surface area contributed by atoms with Gasteiger partial charge in [0.15, 0.2) is 0 Å². The third kappa shape index (κ3) is 2.76. The van der Waals surface area contributed by atoms with Crippen LogP contribution in [0.2, 0.25) is 0 Å². The van der Waals surface area contributed by atoms with Crippen LogP contribution in [0.15, 0.2) is 54.7 Å². The Morgan fingerprint density at radius 3 is 2.68 bits per heavy atom. The van der Waals surface area contributed by atoms with Gasteiger partial charge in [-0.2, -0.15) is 0 Å². The van der Waals surface area contributed by atoms with E-state index in [1.54, 1.807) is 0 Å². The molecule has 0 spiro atoms. The van der Waals surface area contributed by atoms with E-state index in [9.17, 15) is 4.39 Å². The number of hydrogen-bond donors (Lipinski definition) is 2. The third-order valence-corrected chi connectivity index (χ3v) is 3.21. The molecule has 0 saturated heterocycles. The number of H-pyrrole nitrogens is 1. The van der Waals surface area contributed by atoms with Crippen molar-refractivity contribution in [1.82, 2.24) is 4.98 Å². The predicted octanol–water partition coefficient (Wildman–Crippen LogP) is 3.96. The first-order valence-electron chi connectivity index (χ1n) is 6.37. The average Bonchev–Trinajstić information content (AvgIpc) is 2.88. The van der Waals surface area contributed by atoms with Gasteiger partial charge in [-0.25, -0.2) is 4.39 Å². The largest absolute Gasteiger partial charge is 0.385 e. The topological polar surface area (TPSA) is 27.8 Å². The summed E-state index contributed by atoms with van der Waals surface area (Å²) in [5.74, 6) is -0.186. The molecular weight excluding hydrogens is 239 g/mol. The molecule has 96 valence electrons. The van der Waals surface area contributed by atoms with Crippen molar-refractivity contribution in [2.45, 2.75) is 6.42 Å². The summed E-state index contributed by atoms with van der Waals surface area (Å²) >= 11 is 0. The normalized spacial score (nSPS) is 10.8. The third-order valence-electron chi connectivity index (χ3n) is 3.21. The quantitative estimate of drug-likeness (QED) is 0.724. The maximum atomic E-state index is 12.8. The Labute approximate surface area is 111 Å². The molecule has 3 rings (SSSR count). The van der Waals surface area contributed by atoms with E-state index < -0.39 is 0 Å². The summed E-state index contributed by atoms with van der Waals surface area (Å²) in [4.78, 5) is 3.19. The number of aromatic amines is 1. The molecular formula is C16H15FN2. The predicted molar refractivity (Wildman–Crippen MR) is 76.9 cm³/mol. The van der Waals surface area contributed by atoms with Crippen LogP contribution in [0.5, 0.6) is 0 Å². The summed E-state index contributed by atoms with van der Waals surface area (Å²) in [5.41, 5.74) is 3.36. The van der Waals surface area contributed by atoms with E-state index in [0.29, 0.717) is 0 Å². The van der Waals surface area contributed by atoms with Crippen molar-refractivity contribution in [3.63, 3.8) is 0 Å². The van der Waals surface area contributed by atoms with E-state index >= 15 is 0 Å².